The molecule has 1 aromatic heterocycles. The quantitative estimate of drug-likeness (QED) is 0.773. The molecular weight excluding hydrogens is 252 g/mol. The number of hydrogen-bond acceptors (Lipinski definition) is 3. The molecular formula is C16H18N2S. The number of rotatable bonds is 2. The van der Waals surface area contributed by atoms with Gasteiger partial charge in [0.15, 0.2) is 0 Å². The summed E-state index contributed by atoms with van der Waals surface area (Å²) in [4.78, 5) is 6.40. The van der Waals surface area contributed by atoms with Gasteiger partial charge in [-0.25, -0.2) is 4.98 Å². The maximum Gasteiger partial charge on any atom is 0.0938 e. The highest BCUT2D eigenvalue weighted by Gasteiger charge is 2.24. The van der Waals surface area contributed by atoms with Gasteiger partial charge in [0, 0.05) is 23.3 Å². The second kappa shape index (κ2) is 4.73. The van der Waals surface area contributed by atoms with Crippen LogP contribution in [0, 0.1) is 5.92 Å². The van der Waals surface area contributed by atoms with E-state index < -0.39 is 0 Å². The van der Waals surface area contributed by atoms with Crippen LogP contribution < -0.4 is 5.32 Å². The summed E-state index contributed by atoms with van der Waals surface area (Å²) >= 11 is 1.94. The van der Waals surface area contributed by atoms with Gasteiger partial charge >= 0.3 is 0 Å². The number of piperidine rings is 1. The molecule has 0 unspecified atom stereocenters. The minimum atomic E-state index is 0.836. The predicted octanol–water partition coefficient (Wildman–Crippen LogP) is 3.26. The third kappa shape index (κ3) is 2.11. The number of aromatic nitrogens is 1. The first kappa shape index (κ1) is 11.6. The van der Waals surface area contributed by atoms with Gasteiger partial charge in [-0.1, -0.05) is 24.3 Å². The number of nitrogens with one attached hydrogen (secondary N) is 1. The molecule has 1 fully saturated rings. The van der Waals surface area contributed by atoms with E-state index in [9.17, 15) is 0 Å². The molecule has 1 aromatic carbocycles. The zero-order chi connectivity index (χ0) is 12.7. The highest BCUT2D eigenvalue weighted by molar-refractivity contribution is 7.12. The summed E-state index contributed by atoms with van der Waals surface area (Å²) in [5.74, 6) is 0.836. The highest BCUT2D eigenvalue weighted by atomic mass is 32.1. The van der Waals surface area contributed by atoms with E-state index in [0.29, 0.717) is 0 Å². The van der Waals surface area contributed by atoms with Crippen molar-refractivity contribution in [3.63, 3.8) is 0 Å². The molecule has 3 heteroatoms. The summed E-state index contributed by atoms with van der Waals surface area (Å²) in [6, 6.07) is 8.70. The smallest absolute Gasteiger partial charge is 0.0938 e. The molecule has 2 nitrogen and oxygen atoms in total. The molecule has 0 radical (unpaired) electrons. The van der Waals surface area contributed by atoms with E-state index in [1.807, 2.05) is 11.3 Å². The summed E-state index contributed by atoms with van der Waals surface area (Å²) < 4.78 is 0. The number of hydrogen-bond donors (Lipinski definition) is 1. The van der Waals surface area contributed by atoms with Crippen molar-refractivity contribution in [1.82, 2.24) is 10.3 Å². The van der Waals surface area contributed by atoms with Gasteiger partial charge in [-0.15, -0.1) is 11.3 Å². The Morgan fingerprint density at radius 1 is 1.21 bits per heavy atom. The lowest BCUT2D eigenvalue weighted by Gasteiger charge is -2.21. The fourth-order valence-corrected chi connectivity index (χ4v) is 4.45. The minimum absolute atomic E-state index is 0.836. The van der Waals surface area contributed by atoms with Gasteiger partial charge in [-0.05, 0) is 37.4 Å². The fourth-order valence-electron chi connectivity index (χ4n) is 3.23. The Balaban J connectivity index is 1.58. The summed E-state index contributed by atoms with van der Waals surface area (Å²) in [7, 11) is 0. The summed E-state index contributed by atoms with van der Waals surface area (Å²) in [6.45, 7) is 2.36. The second-order valence-electron chi connectivity index (χ2n) is 5.61. The van der Waals surface area contributed by atoms with E-state index in [1.54, 1.807) is 0 Å². The summed E-state index contributed by atoms with van der Waals surface area (Å²) in [6.07, 6.45) is 4.89. The normalized spacial score (nSPS) is 18.3. The highest BCUT2D eigenvalue weighted by Crippen LogP contribution is 2.39. The van der Waals surface area contributed by atoms with Crippen LogP contribution in [-0.4, -0.2) is 18.1 Å². The lowest BCUT2D eigenvalue weighted by molar-refractivity contribution is 0.372. The zero-order valence-electron chi connectivity index (χ0n) is 11.0. The van der Waals surface area contributed by atoms with E-state index in [1.165, 1.54) is 59.1 Å². The number of benzene rings is 1. The van der Waals surface area contributed by atoms with Gasteiger partial charge in [0.05, 0.1) is 10.7 Å². The Labute approximate surface area is 117 Å². The van der Waals surface area contributed by atoms with Crippen LogP contribution >= 0.6 is 11.3 Å². The van der Waals surface area contributed by atoms with Crippen molar-refractivity contribution < 1.29 is 0 Å². The maximum absolute atomic E-state index is 4.92. The first-order valence-corrected chi connectivity index (χ1v) is 7.99. The molecule has 0 spiro atoms. The SMILES string of the molecule is c1ccc2c(c1)Cc1sc(CC3CCNCC3)nc1-2. The molecule has 2 heterocycles. The average Bonchev–Trinajstić information content (AvgIpc) is 2.97. The molecule has 0 amide bonds. The second-order valence-corrected chi connectivity index (χ2v) is 6.78. The van der Waals surface area contributed by atoms with Crippen LogP contribution in [0.3, 0.4) is 0 Å². The predicted molar refractivity (Wildman–Crippen MR) is 79.7 cm³/mol. The van der Waals surface area contributed by atoms with Crippen LogP contribution in [0.5, 0.6) is 0 Å². The van der Waals surface area contributed by atoms with Gasteiger partial charge in [0.25, 0.3) is 0 Å². The van der Waals surface area contributed by atoms with Gasteiger partial charge in [-0.2, -0.15) is 0 Å². The Hall–Kier alpha value is -1.19. The standard InChI is InChI=1S/C16H18N2S/c1-2-4-13-12(3-1)10-14-16(13)18-15(19-14)9-11-5-7-17-8-6-11/h1-4,11,17H,5-10H2. The summed E-state index contributed by atoms with van der Waals surface area (Å²) in [5, 5.41) is 4.79. The van der Waals surface area contributed by atoms with Crippen molar-refractivity contribution in [1.29, 1.82) is 0 Å². The van der Waals surface area contributed by atoms with E-state index in [4.69, 9.17) is 4.98 Å². The average molecular weight is 270 g/mol. The van der Waals surface area contributed by atoms with Crippen LogP contribution in [0.25, 0.3) is 11.3 Å². The van der Waals surface area contributed by atoms with Crippen molar-refractivity contribution in [2.75, 3.05) is 13.1 Å². The lowest BCUT2D eigenvalue weighted by Crippen LogP contribution is -2.28. The first-order valence-electron chi connectivity index (χ1n) is 7.18. The van der Waals surface area contributed by atoms with Crippen LogP contribution in [0.2, 0.25) is 0 Å². The number of nitrogens with zero attached hydrogens (tertiary/aromatic N) is 1. The molecule has 98 valence electrons. The fraction of sp³-hybridized carbons (Fsp3) is 0.438. The van der Waals surface area contributed by atoms with E-state index >= 15 is 0 Å². The van der Waals surface area contributed by atoms with Gasteiger partial charge in [0.1, 0.15) is 0 Å². The van der Waals surface area contributed by atoms with E-state index in [0.717, 1.165) is 12.3 Å². The molecule has 1 aliphatic carbocycles. The van der Waals surface area contributed by atoms with Crippen molar-refractivity contribution in [3.05, 3.63) is 39.7 Å². The van der Waals surface area contributed by atoms with Crippen LogP contribution in [0.15, 0.2) is 24.3 Å². The molecule has 0 atom stereocenters. The van der Waals surface area contributed by atoms with Crippen LogP contribution in [0.4, 0.5) is 0 Å². The number of thiazole rings is 1. The van der Waals surface area contributed by atoms with Crippen LogP contribution in [-0.2, 0) is 12.8 Å². The molecule has 1 N–H and O–H groups in total. The monoisotopic (exact) mass is 270 g/mol. The maximum atomic E-state index is 4.92. The largest absolute Gasteiger partial charge is 0.317 e. The van der Waals surface area contributed by atoms with Gasteiger partial charge < -0.3 is 5.32 Å². The summed E-state index contributed by atoms with van der Waals surface area (Å²) in [5.41, 5.74) is 4.08. The Morgan fingerprint density at radius 3 is 2.95 bits per heavy atom. The van der Waals surface area contributed by atoms with Crippen molar-refractivity contribution in [2.24, 2.45) is 5.92 Å². The third-order valence-electron chi connectivity index (χ3n) is 4.29. The van der Waals surface area contributed by atoms with Gasteiger partial charge in [-0.3, -0.25) is 0 Å². The Bertz CT molecular complexity index is 597. The molecule has 2 aliphatic rings. The molecule has 1 saturated heterocycles. The molecule has 4 rings (SSSR count). The Morgan fingerprint density at radius 2 is 2.05 bits per heavy atom. The minimum Gasteiger partial charge on any atom is -0.317 e. The van der Waals surface area contributed by atoms with E-state index in [2.05, 4.69) is 29.6 Å². The zero-order valence-corrected chi connectivity index (χ0v) is 11.8. The topological polar surface area (TPSA) is 24.9 Å². The molecule has 19 heavy (non-hydrogen) atoms. The third-order valence-corrected chi connectivity index (χ3v) is 5.36. The van der Waals surface area contributed by atoms with E-state index in [-0.39, 0.29) is 0 Å². The van der Waals surface area contributed by atoms with Crippen molar-refractivity contribution in [2.45, 2.75) is 25.7 Å². The Kier molecular flexibility index (Phi) is 2.89. The van der Waals surface area contributed by atoms with Crippen molar-refractivity contribution in [3.8, 4) is 11.3 Å². The first-order chi connectivity index (χ1) is 9.40. The molecule has 1 aliphatic heterocycles. The molecule has 0 saturated carbocycles. The van der Waals surface area contributed by atoms with Gasteiger partial charge in [0.2, 0.25) is 0 Å². The van der Waals surface area contributed by atoms with Crippen LogP contribution in [0.1, 0.15) is 28.3 Å². The molecule has 0 bridgehead atoms. The molecule has 2 aromatic rings. The van der Waals surface area contributed by atoms with Crippen molar-refractivity contribution >= 4 is 11.3 Å². The number of fused-ring (bicyclic) bond motifs is 3. The lowest BCUT2D eigenvalue weighted by atomic mass is 9.95.